The summed E-state index contributed by atoms with van der Waals surface area (Å²) >= 11 is 0. The SMILES string of the molecule is CC(C)C[C@H]1NC(=O)c2ccccc2OCc2noc(n2)CCCCCCCCNC(=O)[C@H](Cc2ccc(F)c(F)c2)N(C)C(=O)[C@H]2C[C@H](O)CN2C1=O. The molecule has 0 unspecified atom stereocenters. The monoisotopic (exact) mass is 752 g/mol. The van der Waals surface area contributed by atoms with E-state index in [1.165, 1.54) is 22.9 Å². The molecule has 13 nitrogen and oxygen atoms in total. The summed E-state index contributed by atoms with van der Waals surface area (Å²) in [7, 11) is 1.42. The molecule has 1 saturated heterocycles. The van der Waals surface area contributed by atoms with E-state index in [-0.39, 0.29) is 49.6 Å². The Morgan fingerprint density at radius 2 is 1.70 bits per heavy atom. The first-order valence-electron chi connectivity index (χ1n) is 18.7. The predicted molar refractivity (Wildman–Crippen MR) is 193 cm³/mol. The molecule has 4 atom stereocenters. The van der Waals surface area contributed by atoms with Crippen LogP contribution in [0.4, 0.5) is 8.78 Å². The van der Waals surface area contributed by atoms with Crippen molar-refractivity contribution in [1.82, 2.24) is 30.6 Å². The zero-order valence-corrected chi connectivity index (χ0v) is 31.1. The van der Waals surface area contributed by atoms with Gasteiger partial charge in [-0.25, -0.2) is 8.78 Å². The molecule has 15 heteroatoms. The highest BCUT2D eigenvalue weighted by Gasteiger charge is 2.44. The number of nitrogens with zero attached hydrogens (tertiary/aromatic N) is 4. The molecule has 3 heterocycles. The van der Waals surface area contributed by atoms with Crippen LogP contribution in [-0.2, 0) is 33.8 Å². The lowest BCUT2D eigenvalue weighted by Crippen LogP contribution is -2.57. The van der Waals surface area contributed by atoms with E-state index in [0.29, 0.717) is 36.7 Å². The maximum absolute atomic E-state index is 14.3. The lowest BCUT2D eigenvalue weighted by Gasteiger charge is -2.34. The number of amides is 4. The molecule has 3 N–H and O–H groups in total. The number of aliphatic hydroxyl groups excluding tert-OH is 1. The number of fused-ring (bicyclic) bond motifs is 4. The van der Waals surface area contributed by atoms with Crippen molar-refractivity contribution < 1.29 is 42.3 Å². The van der Waals surface area contributed by atoms with Gasteiger partial charge in [-0.1, -0.05) is 62.9 Å². The molecule has 0 radical (unpaired) electrons. The number of aliphatic hydroxyl groups is 1. The van der Waals surface area contributed by atoms with E-state index in [9.17, 15) is 33.1 Å². The highest BCUT2D eigenvalue weighted by molar-refractivity contribution is 6.00. The fourth-order valence-electron chi connectivity index (χ4n) is 6.91. The second-order valence-corrected chi connectivity index (χ2v) is 14.5. The first-order chi connectivity index (χ1) is 25.9. The van der Waals surface area contributed by atoms with Crippen LogP contribution in [0.25, 0.3) is 0 Å². The lowest BCUT2D eigenvalue weighted by molar-refractivity contribution is -0.147. The van der Waals surface area contributed by atoms with E-state index >= 15 is 0 Å². The number of aromatic nitrogens is 2. The molecule has 292 valence electrons. The molecular weight excluding hydrogens is 702 g/mol. The molecule has 4 amide bonds. The minimum absolute atomic E-state index is 0.0429. The summed E-state index contributed by atoms with van der Waals surface area (Å²) in [4.78, 5) is 62.8. The van der Waals surface area contributed by atoms with Gasteiger partial charge >= 0.3 is 0 Å². The Morgan fingerprint density at radius 3 is 2.46 bits per heavy atom. The summed E-state index contributed by atoms with van der Waals surface area (Å²) in [6.07, 6.45) is 4.82. The lowest BCUT2D eigenvalue weighted by atomic mass is 10.0. The van der Waals surface area contributed by atoms with Gasteiger partial charge in [0.1, 0.15) is 23.9 Å². The minimum Gasteiger partial charge on any atom is -0.485 e. The normalized spacial score (nSPS) is 23.0. The minimum atomic E-state index is -1.15. The zero-order valence-electron chi connectivity index (χ0n) is 31.1. The molecule has 2 aliphatic rings. The van der Waals surface area contributed by atoms with Crippen molar-refractivity contribution in [1.29, 1.82) is 0 Å². The number of aryl methyl sites for hydroxylation is 1. The van der Waals surface area contributed by atoms with Crippen molar-refractivity contribution in [2.24, 2.45) is 5.92 Å². The Hall–Kier alpha value is -4.92. The number of halogens is 2. The van der Waals surface area contributed by atoms with Crippen molar-refractivity contribution >= 4 is 23.6 Å². The summed E-state index contributed by atoms with van der Waals surface area (Å²) in [5.74, 6) is -3.35. The number of carbonyl (C=O) groups is 4. The van der Waals surface area contributed by atoms with Gasteiger partial charge in [0.15, 0.2) is 18.2 Å². The summed E-state index contributed by atoms with van der Waals surface area (Å²) in [6, 6.07) is 6.52. The van der Waals surface area contributed by atoms with Crippen LogP contribution in [0, 0.1) is 17.6 Å². The average Bonchev–Trinajstić information content (AvgIpc) is 3.78. The number of likely N-dealkylation sites (N-methyl/N-ethyl adjacent to an activating group) is 1. The van der Waals surface area contributed by atoms with E-state index in [1.807, 2.05) is 13.8 Å². The first kappa shape index (κ1) is 40.3. The number of hydrogen-bond acceptors (Lipinski definition) is 9. The number of rotatable bonds is 4. The van der Waals surface area contributed by atoms with Gasteiger partial charge < -0.3 is 34.8 Å². The maximum atomic E-state index is 14.3. The van der Waals surface area contributed by atoms with Crippen LogP contribution in [0.1, 0.15) is 92.9 Å². The van der Waals surface area contributed by atoms with Gasteiger partial charge in [0.25, 0.3) is 5.91 Å². The van der Waals surface area contributed by atoms with Crippen LogP contribution < -0.4 is 15.4 Å². The van der Waals surface area contributed by atoms with Gasteiger partial charge in [0, 0.05) is 39.4 Å². The number of nitrogens with one attached hydrogen (secondary N) is 2. The summed E-state index contributed by atoms with van der Waals surface area (Å²) in [6.45, 7) is 3.91. The zero-order chi connectivity index (χ0) is 38.8. The smallest absolute Gasteiger partial charge is 0.255 e. The van der Waals surface area contributed by atoms with Gasteiger partial charge in [-0.05, 0) is 55.0 Å². The maximum Gasteiger partial charge on any atom is 0.255 e. The quantitative estimate of drug-likeness (QED) is 0.356. The van der Waals surface area contributed by atoms with Crippen LogP contribution in [0.2, 0.25) is 0 Å². The van der Waals surface area contributed by atoms with Crippen molar-refractivity contribution in [2.45, 2.75) is 109 Å². The predicted octanol–water partition coefficient (Wildman–Crippen LogP) is 4.12. The van der Waals surface area contributed by atoms with Crippen molar-refractivity contribution in [2.75, 3.05) is 20.1 Å². The Bertz CT molecular complexity index is 1770. The van der Waals surface area contributed by atoms with Gasteiger partial charge in [-0.2, -0.15) is 4.98 Å². The molecule has 0 saturated carbocycles. The highest BCUT2D eigenvalue weighted by Crippen LogP contribution is 2.25. The third-order valence-electron chi connectivity index (χ3n) is 9.80. The molecule has 1 aromatic heterocycles. The highest BCUT2D eigenvalue weighted by atomic mass is 19.2. The van der Waals surface area contributed by atoms with Crippen molar-refractivity contribution in [3.05, 3.63) is 76.9 Å². The standard InChI is InChI=1S/C39H50F2N6O7/c1-24(2)18-30-38(51)47-22-26(48)21-32(47)39(52)46(3)31(20-25-15-16-28(40)29(41)19-25)37(50)42-17-11-7-5-4-6-8-14-35-44-34(45-54-35)23-53-33-13-10-9-12-27(33)36(49)43-30/h9-10,12-13,15-16,19,24,26,30-32,48H,4-8,11,14,17-18,20-23H2,1-3H3,(H,42,50)(H,43,49)/t26-,30+,31-,32+/m0/s1. The first-order valence-corrected chi connectivity index (χ1v) is 18.7. The number of benzene rings is 2. The third kappa shape index (κ3) is 10.6. The van der Waals surface area contributed by atoms with Gasteiger partial charge in [0.05, 0.1) is 11.7 Å². The van der Waals surface area contributed by atoms with Crippen LogP contribution in [0.15, 0.2) is 47.0 Å². The van der Waals surface area contributed by atoms with Crippen molar-refractivity contribution in [3.63, 3.8) is 0 Å². The Kier molecular flexibility index (Phi) is 14.1. The van der Waals surface area contributed by atoms with E-state index in [2.05, 4.69) is 20.8 Å². The van der Waals surface area contributed by atoms with Gasteiger partial charge in [-0.15, -0.1) is 0 Å². The summed E-state index contributed by atoms with van der Waals surface area (Å²) < 4.78 is 39.3. The Morgan fingerprint density at radius 1 is 0.963 bits per heavy atom. The topological polar surface area (TPSA) is 167 Å². The van der Waals surface area contributed by atoms with Crippen molar-refractivity contribution in [3.8, 4) is 5.75 Å². The Labute approximate surface area is 313 Å². The summed E-state index contributed by atoms with van der Waals surface area (Å²) in [5.41, 5.74) is 0.470. The second-order valence-electron chi connectivity index (χ2n) is 14.5. The molecule has 1 fully saturated rings. The number of carbonyl (C=O) groups excluding carboxylic acids is 4. The van der Waals surface area contributed by atoms with Gasteiger partial charge in [0.2, 0.25) is 29.4 Å². The van der Waals surface area contributed by atoms with E-state index in [4.69, 9.17) is 9.26 Å². The third-order valence-corrected chi connectivity index (χ3v) is 9.80. The van der Waals surface area contributed by atoms with E-state index < -0.39 is 59.5 Å². The molecule has 0 aliphatic carbocycles. The fraction of sp³-hybridized carbons (Fsp3) is 0.538. The average molecular weight is 753 g/mol. The largest absolute Gasteiger partial charge is 0.485 e. The molecule has 54 heavy (non-hydrogen) atoms. The molecule has 5 rings (SSSR count). The van der Waals surface area contributed by atoms with E-state index in [1.54, 1.807) is 24.3 Å². The van der Waals surface area contributed by atoms with Crippen LogP contribution in [0.3, 0.4) is 0 Å². The second kappa shape index (κ2) is 18.9. The molecule has 2 aromatic carbocycles. The molecule has 3 aromatic rings. The molecule has 2 bridgehead atoms. The van der Waals surface area contributed by atoms with Gasteiger partial charge in [-0.3, -0.25) is 19.2 Å². The van der Waals surface area contributed by atoms with E-state index in [0.717, 1.165) is 44.2 Å². The fourth-order valence-corrected chi connectivity index (χ4v) is 6.91. The molecular formula is C39H50F2N6O7. The van der Waals surface area contributed by atoms with Crippen LogP contribution >= 0.6 is 0 Å². The van der Waals surface area contributed by atoms with Crippen LogP contribution in [-0.4, -0.2) is 93.0 Å². The number of para-hydroxylation sites is 1. The Balaban J connectivity index is 1.42. The molecule has 2 aliphatic heterocycles. The summed E-state index contributed by atoms with van der Waals surface area (Å²) in [5, 5.41) is 20.5. The number of ether oxygens (including phenoxy) is 1. The number of hydrogen-bond donors (Lipinski definition) is 3. The molecule has 0 spiro atoms. The van der Waals surface area contributed by atoms with Crippen LogP contribution in [0.5, 0.6) is 5.75 Å².